The van der Waals surface area contributed by atoms with Crippen LogP contribution in [-0.2, 0) is 4.79 Å². The van der Waals surface area contributed by atoms with E-state index in [0.29, 0.717) is 11.3 Å². The van der Waals surface area contributed by atoms with Gasteiger partial charge in [0.05, 0.1) is 0 Å². The molecule has 1 aliphatic heterocycles. The Balaban J connectivity index is 1.53. The van der Waals surface area contributed by atoms with E-state index in [0.717, 1.165) is 37.2 Å². The maximum Gasteiger partial charge on any atom is 0.260 e. The molecule has 26 heavy (non-hydrogen) atoms. The SMILES string of the molecule is Cc1ccccc1NC(=O)c1ccc(OCC(=O)N2CCCCC2)cc1. The van der Waals surface area contributed by atoms with Crippen LogP contribution < -0.4 is 10.1 Å². The molecule has 0 aromatic heterocycles. The van der Waals surface area contributed by atoms with Crippen LogP contribution in [0.5, 0.6) is 5.75 Å². The van der Waals surface area contributed by atoms with Gasteiger partial charge in [-0.3, -0.25) is 9.59 Å². The van der Waals surface area contributed by atoms with E-state index >= 15 is 0 Å². The molecule has 1 fully saturated rings. The molecule has 1 N–H and O–H groups in total. The lowest BCUT2D eigenvalue weighted by Gasteiger charge is -2.26. The van der Waals surface area contributed by atoms with Crippen molar-refractivity contribution in [2.45, 2.75) is 26.2 Å². The molecule has 1 aliphatic rings. The third-order valence-corrected chi connectivity index (χ3v) is 4.58. The van der Waals surface area contributed by atoms with Gasteiger partial charge in [0.25, 0.3) is 11.8 Å². The lowest BCUT2D eigenvalue weighted by Crippen LogP contribution is -2.38. The lowest BCUT2D eigenvalue weighted by molar-refractivity contribution is -0.134. The van der Waals surface area contributed by atoms with Crippen molar-refractivity contribution in [1.82, 2.24) is 4.90 Å². The summed E-state index contributed by atoms with van der Waals surface area (Å²) >= 11 is 0. The fraction of sp³-hybridized carbons (Fsp3) is 0.333. The van der Waals surface area contributed by atoms with Gasteiger partial charge in [-0.1, -0.05) is 18.2 Å². The van der Waals surface area contributed by atoms with Crippen LogP contribution in [0.3, 0.4) is 0 Å². The average molecular weight is 352 g/mol. The molecule has 5 heteroatoms. The first-order valence-corrected chi connectivity index (χ1v) is 9.01. The molecule has 0 aliphatic carbocycles. The lowest BCUT2D eigenvalue weighted by atomic mass is 10.1. The van der Waals surface area contributed by atoms with Gasteiger partial charge in [0.2, 0.25) is 0 Å². The van der Waals surface area contributed by atoms with E-state index in [2.05, 4.69) is 5.32 Å². The fourth-order valence-electron chi connectivity index (χ4n) is 2.99. The maximum atomic E-state index is 12.3. The maximum absolute atomic E-state index is 12.3. The summed E-state index contributed by atoms with van der Waals surface area (Å²) < 4.78 is 5.57. The molecule has 3 rings (SSSR count). The van der Waals surface area contributed by atoms with Crippen molar-refractivity contribution < 1.29 is 14.3 Å². The summed E-state index contributed by atoms with van der Waals surface area (Å²) in [6.07, 6.45) is 3.32. The number of carbonyl (C=O) groups excluding carboxylic acids is 2. The van der Waals surface area contributed by atoms with Crippen LogP contribution in [-0.4, -0.2) is 36.4 Å². The van der Waals surface area contributed by atoms with Crippen molar-refractivity contribution in [2.24, 2.45) is 0 Å². The molecule has 0 bridgehead atoms. The minimum atomic E-state index is -0.171. The smallest absolute Gasteiger partial charge is 0.260 e. The molecule has 136 valence electrons. The molecule has 2 aromatic carbocycles. The second-order valence-electron chi connectivity index (χ2n) is 6.52. The van der Waals surface area contributed by atoms with Crippen molar-refractivity contribution in [1.29, 1.82) is 0 Å². The summed E-state index contributed by atoms with van der Waals surface area (Å²) in [4.78, 5) is 26.3. The van der Waals surface area contributed by atoms with Crippen molar-refractivity contribution in [3.05, 3.63) is 59.7 Å². The van der Waals surface area contributed by atoms with E-state index in [1.165, 1.54) is 6.42 Å². The Bertz CT molecular complexity index is 765. The number of nitrogens with one attached hydrogen (secondary N) is 1. The molecule has 0 atom stereocenters. The number of benzene rings is 2. The summed E-state index contributed by atoms with van der Waals surface area (Å²) in [5.74, 6) is 0.434. The van der Waals surface area contributed by atoms with Crippen LogP contribution in [0, 0.1) is 6.92 Å². The van der Waals surface area contributed by atoms with Crippen molar-refractivity contribution in [3.8, 4) is 5.75 Å². The third-order valence-electron chi connectivity index (χ3n) is 4.58. The Labute approximate surface area is 154 Å². The van der Waals surface area contributed by atoms with Gasteiger partial charge in [-0.25, -0.2) is 0 Å². The van der Waals surface area contributed by atoms with E-state index < -0.39 is 0 Å². The number of carbonyl (C=O) groups is 2. The van der Waals surface area contributed by atoms with Crippen LogP contribution in [0.2, 0.25) is 0 Å². The number of rotatable bonds is 5. The highest BCUT2D eigenvalue weighted by atomic mass is 16.5. The largest absolute Gasteiger partial charge is 0.484 e. The molecule has 0 spiro atoms. The van der Waals surface area contributed by atoms with E-state index in [4.69, 9.17) is 4.74 Å². The average Bonchev–Trinajstić information content (AvgIpc) is 2.69. The number of hydrogen-bond donors (Lipinski definition) is 1. The molecular weight excluding hydrogens is 328 g/mol. The Kier molecular flexibility index (Phi) is 5.89. The molecule has 0 unspecified atom stereocenters. The predicted molar refractivity (Wildman–Crippen MR) is 102 cm³/mol. The van der Waals surface area contributed by atoms with Crippen molar-refractivity contribution >= 4 is 17.5 Å². The first-order chi connectivity index (χ1) is 12.6. The number of aryl methyl sites for hydroxylation is 1. The standard InChI is InChI=1S/C21H24N2O3/c1-16-7-3-4-8-19(16)22-21(25)17-9-11-18(12-10-17)26-15-20(24)23-13-5-2-6-14-23/h3-4,7-12H,2,5-6,13-15H2,1H3,(H,22,25). The second kappa shape index (κ2) is 8.52. The monoisotopic (exact) mass is 352 g/mol. The van der Waals surface area contributed by atoms with E-state index in [1.54, 1.807) is 24.3 Å². The molecule has 1 heterocycles. The molecule has 0 radical (unpaired) electrons. The second-order valence-corrected chi connectivity index (χ2v) is 6.52. The topological polar surface area (TPSA) is 58.6 Å². The molecule has 2 aromatic rings. The molecule has 5 nitrogen and oxygen atoms in total. The van der Waals surface area contributed by atoms with E-state index in [9.17, 15) is 9.59 Å². The van der Waals surface area contributed by atoms with Crippen LogP contribution in [0.1, 0.15) is 35.2 Å². The zero-order valence-electron chi connectivity index (χ0n) is 15.0. The number of likely N-dealkylation sites (tertiary alicyclic amines) is 1. The molecule has 0 saturated carbocycles. The number of para-hydroxylation sites is 1. The Morgan fingerprint density at radius 1 is 1.00 bits per heavy atom. The van der Waals surface area contributed by atoms with Gasteiger partial charge in [0.15, 0.2) is 6.61 Å². The van der Waals surface area contributed by atoms with Gasteiger partial charge in [-0.05, 0) is 62.1 Å². The number of ether oxygens (including phenoxy) is 1. The van der Waals surface area contributed by atoms with Gasteiger partial charge in [-0.15, -0.1) is 0 Å². The first-order valence-electron chi connectivity index (χ1n) is 9.01. The first kappa shape index (κ1) is 18.0. The van der Waals surface area contributed by atoms with Crippen LogP contribution in [0.4, 0.5) is 5.69 Å². The highest BCUT2D eigenvalue weighted by molar-refractivity contribution is 6.04. The van der Waals surface area contributed by atoms with Crippen molar-refractivity contribution in [3.63, 3.8) is 0 Å². The van der Waals surface area contributed by atoms with Gasteiger partial charge in [0.1, 0.15) is 5.75 Å². The molecule has 1 saturated heterocycles. The number of amides is 2. The zero-order valence-corrected chi connectivity index (χ0v) is 15.0. The Morgan fingerprint density at radius 2 is 1.69 bits per heavy atom. The molecular formula is C21H24N2O3. The van der Waals surface area contributed by atoms with E-state index in [1.807, 2.05) is 36.1 Å². The van der Waals surface area contributed by atoms with Gasteiger partial charge >= 0.3 is 0 Å². The van der Waals surface area contributed by atoms with Crippen LogP contribution in [0.15, 0.2) is 48.5 Å². The summed E-state index contributed by atoms with van der Waals surface area (Å²) in [5, 5.41) is 2.90. The summed E-state index contributed by atoms with van der Waals surface area (Å²) in [7, 11) is 0. The fourth-order valence-corrected chi connectivity index (χ4v) is 2.99. The summed E-state index contributed by atoms with van der Waals surface area (Å²) in [6.45, 7) is 3.63. The minimum absolute atomic E-state index is 0.0195. The number of piperidine rings is 1. The highest BCUT2D eigenvalue weighted by Gasteiger charge is 2.16. The van der Waals surface area contributed by atoms with Crippen molar-refractivity contribution in [2.75, 3.05) is 25.0 Å². The molecule has 2 amide bonds. The Hall–Kier alpha value is -2.82. The zero-order chi connectivity index (χ0) is 18.4. The number of nitrogens with zero attached hydrogens (tertiary/aromatic N) is 1. The number of hydrogen-bond acceptors (Lipinski definition) is 3. The van der Waals surface area contributed by atoms with Gasteiger partial charge in [-0.2, -0.15) is 0 Å². The van der Waals surface area contributed by atoms with Gasteiger partial charge in [0, 0.05) is 24.3 Å². The Morgan fingerprint density at radius 3 is 2.38 bits per heavy atom. The summed E-state index contributed by atoms with van der Waals surface area (Å²) in [6, 6.07) is 14.5. The van der Waals surface area contributed by atoms with Crippen LogP contribution in [0.25, 0.3) is 0 Å². The summed E-state index contributed by atoms with van der Waals surface area (Å²) in [5.41, 5.74) is 2.35. The third kappa shape index (κ3) is 4.63. The highest BCUT2D eigenvalue weighted by Crippen LogP contribution is 2.17. The minimum Gasteiger partial charge on any atom is -0.484 e. The predicted octanol–water partition coefficient (Wildman–Crippen LogP) is 3.64. The normalized spacial score (nSPS) is 14.0. The quantitative estimate of drug-likeness (QED) is 0.894. The van der Waals surface area contributed by atoms with Crippen LogP contribution >= 0.6 is 0 Å². The van der Waals surface area contributed by atoms with E-state index in [-0.39, 0.29) is 18.4 Å². The number of anilines is 1. The van der Waals surface area contributed by atoms with Gasteiger partial charge < -0.3 is 15.0 Å².